The van der Waals surface area contributed by atoms with Gasteiger partial charge in [0.05, 0.1) is 0 Å². The van der Waals surface area contributed by atoms with E-state index < -0.39 is 0 Å². The summed E-state index contributed by atoms with van der Waals surface area (Å²) in [6.07, 6.45) is 0.994. The number of aryl methyl sites for hydroxylation is 1. The van der Waals surface area contributed by atoms with Gasteiger partial charge >= 0.3 is 0 Å². The average Bonchev–Trinajstić information content (AvgIpc) is 2.72. The van der Waals surface area contributed by atoms with Gasteiger partial charge in [-0.3, -0.25) is 0 Å². The second-order valence-electron chi connectivity index (χ2n) is 6.57. The standard InChI is InChI=1S/C19H23NO/c1-14-5-4-6-15(9-14)12-20-13-16-7-8-18-17(10-16)11-19(2,3)21-18/h4-10,20H,11-13H2,1-3H3. The van der Waals surface area contributed by atoms with Crippen molar-refractivity contribution in [3.63, 3.8) is 0 Å². The maximum absolute atomic E-state index is 5.92. The monoisotopic (exact) mass is 281 g/mol. The zero-order valence-corrected chi connectivity index (χ0v) is 13.1. The number of benzene rings is 2. The molecule has 1 aliphatic heterocycles. The topological polar surface area (TPSA) is 21.3 Å². The molecular formula is C19H23NO. The summed E-state index contributed by atoms with van der Waals surface area (Å²) in [4.78, 5) is 0. The Hall–Kier alpha value is -1.80. The number of hydrogen-bond acceptors (Lipinski definition) is 2. The molecule has 2 heteroatoms. The van der Waals surface area contributed by atoms with Gasteiger partial charge in [-0.15, -0.1) is 0 Å². The fourth-order valence-corrected chi connectivity index (χ4v) is 2.95. The minimum atomic E-state index is -0.0596. The number of fused-ring (bicyclic) bond motifs is 1. The molecule has 0 radical (unpaired) electrons. The fourth-order valence-electron chi connectivity index (χ4n) is 2.95. The van der Waals surface area contributed by atoms with Crippen molar-refractivity contribution in [1.29, 1.82) is 0 Å². The van der Waals surface area contributed by atoms with Crippen molar-refractivity contribution in [3.05, 3.63) is 64.7 Å². The molecule has 0 aromatic heterocycles. The molecular weight excluding hydrogens is 258 g/mol. The van der Waals surface area contributed by atoms with Gasteiger partial charge in [-0.05, 0) is 43.5 Å². The second kappa shape index (κ2) is 5.53. The summed E-state index contributed by atoms with van der Waals surface area (Å²) >= 11 is 0. The smallest absolute Gasteiger partial charge is 0.123 e. The lowest BCUT2D eigenvalue weighted by Gasteiger charge is -2.16. The number of rotatable bonds is 4. The summed E-state index contributed by atoms with van der Waals surface area (Å²) < 4.78 is 5.92. The Morgan fingerprint density at radius 2 is 1.81 bits per heavy atom. The molecule has 0 fully saturated rings. The molecule has 0 atom stereocenters. The van der Waals surface area contributed by atoms with Crippen LogP contribution in [-0.4, -0.2) is 5.60 Å². The highest BCUT2D eigenvalue weighted by Crippen LogP contribution is 2.35. The first-order chi connectivity index (χ1) is 10.0. The molecule has 2 aromatic carbocycles. The third kappa shape index (κ3) is 3.45. The Morgan fingerprint density at radius 1 is 1.05 bits per heavy atom. The highest BCUT2D eigenvalue weighted by Gasteiger charge is 2.29. The predicted octanol–water partition coefficient (Wildman–Crippen LogP) is 4.00. The van der Waals surface area contributed by atoms with Gasteiger partial charge in [0.25, 0.3) is 0 Å². The van der Waals surface area contributed by atoms with Gasteiger partial charge in [0, 0.05) is 19.5 Å². The molecule has 2 nitrogen and oxygen atoms in total. The molecule has 1 aliphatic rings. The summed E-state index contributed by atoms with van der Waals surface area (Å²) in [5, 5.41) is 3.52. The molecule has 1 heterocycles. The van der Waals surface area contributed by atoms with E-state index in [2.05, 4.69) is 68.6 Å². The van der Waals surface area contributed by atoms with Gasteiger partial charge in [-0.2, -0.15) is 0 Å². The van der Waals surface area contributed by atoms with E-state index in [1.807, 2.05) is 0 Å². The highest BCUT2D eigenvalue weighted by molar-refractivity contribution is 5.41. The Morgan fingerprint density at radius 3 is 2.57 bits per heavy atom. The minimum Gasteiger partial charge on any atom is -0.487 e. The van der Waals surface area contributed by atoms with Gasteiger partial charge in [-0.25, -0.2) is 0 Å². The van der Waals surface area contributed by atoms with Crippen LogP contribution in [0.25, 0.3) is 0 Å². The quantitative estimate of drug-likeness (QED) is 0.914. The molecule has 0 bridgehead atoms. The minimum absolute atomic E-state index is 0.0596. The van der Waals surface area contributed by atoms with Crippen molar-refractivity contribution in [2.45, 2.75) is 45.9 Å². The Bertz CT molecular complexity index is 646. The van der Waals surface area contributed by atoms with Crippen LogP contribution in [0.3, 0.4) is 0 Å². The van der Waals surface area contributed by atoms with Crippen molar-refractivity contribution in [1.82, 2.24) is 5.32 Å². The van der Waals surface area contributed by atoms with Crippen molar-refractivity contribution in [3.8, 4) is 5.75 Å². The molecule has 21 heavy (non-hydrogen) atoms. The normalized spacial score (nSPS) is 15.6. The van der Waals surface area contributed by atoms with Gasteiger partial charge < -0.3 is 10.1 Å². The van der Waals surface area contributed by atoms with Crippen LogP contribution in [0.2, 0.25) is 0 Å². The molecule has 0 unspecified atom stereocenters. The van der Waals surface area contributed by atoms with Crippen LogP contribution in [0.1, 0.15) is 36.1 Å². The van der Waals surface area contributed by atoms with E-state index in [1.165, 1.54) is 22.3 Å². The summed E-state index contributed by atoms with van der Waals surface area (Å²) in [6.45, 7) is 8.21. The van der Waals surface area contributed by atoms with Crippen molar-refractivity contribution in [2.75, 3.05) is 0 Å². The summed E-state index contributed by atoms with van der Waals surface area (Å²) in [5.41, 5.74) is 5.24. The first-order valence-corrected chi connectivity index (χ1v) is 7.59. The maximum Gasteiger partial charge on any atom is 0.123 e. The lowest BCUT2D eigenvalue weighted by molar-refractivity contribution is 0.138. The van der Waals surface area contributed by atoms with E-state index in [4.69, 9.17) is 4.74 Å². The van der Waals surface area contributed by atoms with E-state index >= 15 is 0 Å². The average molecular weight is 281 g/mol. The van der Waals surface area contributed by atoms with E-state index in [0.29, 0.717) is 0 Å². The van der Waals surface area contributed by atoms with E-state index in [1.54, 1.807) is 0 Å². The molecule has 0 amide bonds. The maximum atomic E-state index is 5.92. The first-order valence-electron chi connectivity index (χ1n) is 7.59. The van der Waals surface area contributed by atoms with Crippen molar-refractivity contribution >= 4 is 0 Å². The summed E-state index contributed by atoms with van der Waals surface area (Å²) in [5.74, 6) is 1.04. The van der Waals surface area contributed by atoms with Crippen LogP contribution in [0.15, 0.2) is 42.5 Å². The largest absolute Gasteiger partial charge is 0.487 e. The lowest BCUT2D eigenvalue weighted by Crippen LogP contribution is -2.24. The Kier molecular flexibility index (Phi) is 3.73. The first kappa shape index (κ1) is 14.2. The molecule has 2 aromatic rings. The fraction of sp³-hybridized carbons (Fsp3) is 0.368. The number of ether oxygens (including phenoxy) is 1. The molecule has 0 spiro atoms. The zero-order valence-electron chi connectivity index (χ0n) is 13.1. The van der Waals surface area contributed by atoms with E-state index in [-0.39, 0.29) is 5.60 Å². The molecule has 0 saturated carbocycles. The van der Waals surface area contributed by atoms with Gasteiger partial charge in [0.2, 0.25) is 0 Å². The Balaban J connectivity index is 1.60. The molecule has 3 rings (SSSR count). The van der Waals surface area contributed by atoms with Gasteiger partial charge in [-0.1, -0.05) is 42.0 Å². The zero-order chi connectivity index (χ0) is 14.9. The van der Waals surface area contributed by atoms with Gasteiger partial charge in [0.1, 0.15) is 11.4 Å². The van der Waals surface area contributed by atoms with Crippen LogP contribution >= 0.6 is 0 Å². The third-order valence-corrected chi connectivity index (χ3v) is 3.87. The van der Waals surface area contributed by atoms with Crippen molar-refractivity contribution < 1.29 is 4.74 Å². The van der Waals surface area contributed by atoms with Crippen LogP contribution in [0.5, 0.6) is 5.75 Å². The molecule has 1 N–H and O–H groups in total. The highest BCUT2D eigenvalue weighted by atomic mass is 16.5. The third-order valence-electron chi connectivity index (χ3n) is 3.87. The SMILES string of the molecule is Cc1cccc(CNCc2ccc3c(c2)CC(C)(C)O3)c1. The molecule has 110 valence electrons. The van der Waals surface area contributed by atoms with E-state index in [9.17, 15) is 0 Å². The lowest BCUT2D eigenvalue weighted by atomic mass is 10.0. The van der Waals surface area contributed by atoms with E-state index in [0.717, 1.165) is 25.3 Å². The summed E-state index contributed by atoms with van der Waals surface area (Å²) in [6, 6.07) is 15.2. The van der Waals surface area contributed by atoms with Gasteiger partial charge in [0.15, 0.2) is 0 Å². The van der Waals surface area contributed by atoms with Crippen LogP contribution in [-0.2, 0) is 19.5 Å². The second-order valence-corrected chi connectivity index (χ2v) is 6.57. The number of nitrogens with one attached hydrogen (secondary N) is 1. The molecule has 0 aliphatic carbocycles. The predicted molar refractivity (Wildman–Crippen MR) is 86.6 cm³/mol. The Labute approximate surface area is 127 Å². The van der Waals surface area contributed by atoms with Crippen LogP contribution in [0.4, 0.5) is 0 Å². The van der Waals surface area contributed by atoms with Crippen LogP contribution < -0.4 is 10.1 Å². The number of hydrogen-bond donors (Lipinski definition) is 1. The molecule has 0 saturated heterocycles. The van der Waals surface area contributed by atoms with Crippen molar-refractivity contribution in [2.24, 2.45) is 0 Å². The summed E-state index contributed by atoms with van der Waals surface area (Å²) in [7, 11) is 0. The van der Waals surface area contributed by atoms with Crippen LogP contribution in [0, 0.1) is 6.92 Å².